The van der Waals surface area contributed by atoms with Crippen LogP contribution in [0.15, 0.2) is 12.1 Å². The highest BCUT2D eigenvalue weighted by Crippen LogP contribution is 2.27. The predicted molar refractivity (Wildman–Crippen MR) is 61.8 cm³/mol. The van der Waals surface area contributed by atoms with Crippen molar-refractivity contribution in [2.24, 2.45) is 0 Å². The van der Waals surface area contributed by atoms with Crippen molar-refractivity contribution >= 4 is 21.9 Å². The molecule has 0 spiro atoms. The molecule has 0 fully saturated rings. The maximum atomic E-state index is 12.2. The van der Waals surface area contributed by atoms with Gasteiger partial charge in [0.1, 0.15) is 5.75 Å². The molecule has 0 saturated heterocycles. The predicted octanol–water partition coefficient (Wildman–Crippen LogP) is 3.12. The Hall–Kier alpha value is -1.17. The molecule has 17 heavy (non-hydrogen) atoms. The Labute approximate surface area is 106 Å². The largest absolute Gasteiger partial charge is 0.481 e. The molecule has 0 atom stereocenters. The molecule has 1 aromatic carbocycles. The number of alkyl halides is 3. The van der Waals surface area contributed by atoms with Crippen LogP contribution in [0.2, 0.25) is 0 Å². The third kappa shape index (κ3) is 3.96. The van der Waals surface area contributed by atoms with Gasteiger partial charge in [0, 0.05) is 10.9 Å². The molecule has 1 aromatic rings. The summed E-state index contributed by atoms with van der Waals surface area (Å²) in [4.78, 5) is 10.6. The molecule has 0 radical (unpaired) electrons. The smallest absolute Gasteiger partial charge is 0.387 e. The van der Waals surface area contributed by atoms with Crippen molar-refractivity contribution in [2.45, 2.75) is 25.3 Å². The first-order chi connectivity index (χ1) is 7.93. The Kier molecular flexibility index (Phi) is 4.86. The number of aryl methyl sites for hydroxylation is 1. The van der Waals surface area contributed by atoms with Gasteiger partial charge in [0.25, 0.3) is 0 Å². The number of ether oxygens (including phenoxy) is 1. The number of aliphatic carboxylic acids is 1. The molecule has 0 aliphatic heterocycles. The van der Waals surface area contributed by atoms with Gasteiger partial charge in [-0.1, -0.05) is 22.0 Å². The molecule has 0 heterocycles. The van der Waals surface area contributed by atoms with Crippen LogP contribution in [0, 0.1) is 6.92 Å². The Balaban J connectivity index is 3.15. The highest BCUT2D eigenvalue weighted by molar-refractivity contribution is 9.08. The zero-order valence-electron chi connectivity index (χ0n) is 9.04. The Morgan fingerprint density at radius 3 is 2.59 bits per heavy atom. The topological polar surface area (TPSA) is 46.5 Å². The molecule has 0 bridgehead atoms. The minimum Gasteiger partial charge on any atom is -0.481 e. The van der Waals surface area contributed by atoms with Gasteiger partial charge in [0.15, 0.2) is 0 Å². The lowest BCUT2D eigenvalue weighted by atomic mass is 10.0. The molecule has 94 valence electrons. The van der Waals surface area contributed by atoms with Crippen molar-refractivity contribution in [3.8, 4) is 5.75 Å². The maximum absolute atomic E-state index is 12.2. The van der Waals surface area contributed by atoms with Crippen LogP contribution < -0.4 is 4.74 Å². The van der Waals surface area contributed by atoms with Crippen LogP contribution in [-0.4, -0.2) is 17.7 Å². The SMILES string of the molecule is Cc1cc(OC(F)F)c(CC(=O)O)cc1CBr. The molecular formula is C11H11BrF2O3. The summed E-state index contributed by atoms with van der Waals surface area (Å²) in [5.74, 6) is -1.17. The molecule has 1 N–H and O–H groups in total. The van der Waals surface area contributed by atoms with Gasteiger partial charge >= 0.3 is 12.6 Å². The fourth-order valence-electron chi connectivity index (χ4n) is 1.43. The fourth-order valence-corrected chi connectivity index (χ4v) is 2.03. The number of benzene rings is 1. The Morgan fingerprint density at radius 2 is 2.12 bits per heavy atom. The molecule has 3 nitrogen and oxygen atoms in total. The monoisotopic (exact) mass is 308 g/mol. The van der Waals surface area contributed by atoms with Gasteiger partial charge in [-0.05, 0) is 24.1 Å². The highest BCUT2D eigenvalue weighted by Gasteiger charge is 2.14. The van der Waals surface area contributed by atoms with E-state index >= 15 is 0 Å². The fraction of sp³-hybridized carbons (Fsp3) is 0.364. The molecular weight excluding hydrogens is 298 g/mol. The summed E-state index contributed by atoms with van der Waals surface area (Å²) in [6, 6.07) is 3.00. The minimum absolute atomic E-state index is 0.0791. The maximum Gasteiger partial charge on any atom is 0.387 e. The van der Waals surface area contributed by atoms with E-state index in [1.807, 2.05) is 0 Å². The standard InChI is InChI=1S/C11H11BrF2O3/c1-6-2-9(17-11(13)14)7(4-10(15)16)3-8(6)5-12/h2-3,11H,4-5H2,1H3,(H,15,16). The van der Waals surface area contributed by atoms with Crippen molar-refractivity contribution in [2.75, 3.05) is 0 Å². The lowest BCUT2D eigenvalue weighted by Gasteiger charge is -2.13. The van der Waals surface area contributed by atoms with Gasteiger partial charge in [-0.25, -0.2) is 0 Å². The van der Waals surface area contributed by atoms with E-state index in [1.165, 1.54) is 6.07 Å². The van der Waals surface area contributed by atoms with E-state index in [9.17, 15) is 13.6 Å². The Bertz CT molecular complexity index is 421. The first kappa shape index (κ1) is 13.9. The van der Waals surface area contributed by atoms with E-state index in [0.717, 1.165) is 11.1 Å². The van der Waals surface area contributed by atoms with Crippen molar-refractivity contribution in [1.82, 2.24) is 0 Å². The van der Waals surface area contributed by atoms with E-state index in [2.05, 4.69) is 20.7 Å². The van der Waals surface area contributed by atoms with Crippen LogP contribution in [0.1, 0.15) is 16.7 Å². The molecule has 6 heteroatoms. The van der Waals surface area contributed by atoms with Gasteiger partial charge < -0.3 is 9.84 Å². The number of hydrogen-bond acceptors (Lipinski definition) is 2. The summed E-state index contributed by atoms with van der Waals surface area (Å²) in [5, 5.41) is 9.23. The van der Waals surface area contributed by atoms with Crippen LogP contribution in [0.3, 0.4) is 0 Å². The molecule has 0 amide bonds. The second-order valence-electron chi connectivity index (χ2n) is 3.47. The van der Waals surface area contributed by atoms with E-state index < -0.39 is 12.6 Å². The first-order valence-electron chi connectivity index (χ1n) is 4.79. The normalized spacial score (nSPS) is 10.6. The summed E-state index contributed by atoms with van der Waals surface area (Å²) >= 11 is 3.25. The van der Waals surface area contributed by atoms with E-state index in [1.54, 1.807) is 13.0 Å². The van der Waals surface area contributed by atoms with E-state index in [4.69, 9.17) is 5.11 Å². The third-order valence-corrected chi connectivity index (χ3v) is 2.82. The van der Waals surface area contributed by atoms with Crippen LogP contribution in [0.4, 0.5) is 8.78 Å². The third-order valence-electron chi connectivity index (χ3n) is 2.22. The number of carboxylic acid groups (broad SMARTS) is 1. The molecule has 0 aliphatic rings. The van der Waals surface area contributed by atoms with Crippen LogP contribution >= 0.6 is 15.9 Å². The average Bonchev–Trinajstić information content (AvgIpc) is 2.20. The number of carbonyl (C=O) groups is 1. The zero-order chi connectivity index (χ0) is 13.0. The minimum atomic E-state index is -2.96. The highest BCUT2D eigenvalue weighted by atomic mass is 79.9. The van der Waals surface area contributed by atoms with Crippen molar-refractivity contribution in [3.05, 3.63) is 28.8 Å². The quantitative estimate of drug-likeness (QED) is 0.850. The summed E-state index contributed by atoms with van der Waals surface area (Å²) in [5.41, 5.74) is 1.87. The first-order valence-corrected chi connectivity index (χ1v) is 5.91. The van der Waals surface area contributed by atoms with Gasteiger partial charge in [-0.3, -0.25) is 4.79 Å². The van der Waals surface area contributed by atoms with Crippen molar-refractivity contribution < 1.29 is 23.4 Å². The number of rotatable bonds is 5. The van der Waals surface area contributed by atoms with Gasteiger partial charge in [0.05, 0.1) is 6.42 Å². The van der Waals surface area contributed by atoms with Gasteiger partial charge in [-0.15, -0.1) is 0 Å². The molecule has 1 rings (SSSR count). The van der Waals surface area contributed by atoms with Crippen molar-refractivity contribution in [3.63, 3.8) is 0 Å². The summed E-state index contributed by atoms with van der Waals surface area (Å²) in [7, 11) is 0. The molecule has 0 saturated carbocycles. The number of carboxylic acids is 1. The zero-order valence-corrected chi connectivity index (χ0v) is 10.6. The average molecular weight is 309 g/mol. The summed E-state index contributed by atoms with van der Waals surface area (Å²) in [6.45, 7) is -1.21. The molecule has 0 aliphatic carbocycles. The van der Waals surface area contributed by atoms with Gasteiger partial charge in [-0.2, -0.15) is 8.78 Å². The number of halogens is 3. The van der Waals surface area contributed by atoms with Crippen LogP contribution in [0.25, 0.3) is 0 Å². The summed E-state index contributed by atoms with van der Waals surface area (Å²) < 4.78 is 28.7. The van der Waals surface area contributed by atoms with Crippen molar-refractivity contribution in [1.29, 1.82) is 0 Å². The van der Waals surface area contributed by atoms with E-state index in [-0.39, 0.29) is 17.7 Å². The molecule has 0 aromatic heterocycles. The second-order valence-corrected chi connectivity index (χ2v) is 4.03. The van der Waals surface area contributed by atoms with E-state index in [0.29, 0.717) is 5.33 Å². The van der Waals surface area contributed by atoms with Crippen LogP contribution in [0.5, 0.6) is 5.75 Å². The number of hydrogen-bond donors (Lipinski definition) is 1. The second kappa shape index (κ2) is 5.95. The Morgan fingerprint density at radius 1 is 1.47 bits per heavy atom. The lowest BCUT2D eigenvalue weighted by Crippen LogP contribution is -2.08. The van der Waals surface area contributed by atoms with Crippen LogP contribution in [-0.2, 0) is 16.5 Å². The molecule has 0 unspecified atom stereocenters. The summed E-state index contributed by atoms with van der Waals surface area (Å²) in [6.07, 6.45) is -0.345. The van der Waals surface area contributed by atoms with Gasteiger partial charge in [0.2, 0.25) is 0 Å². The lowest BCUT2D eigenvalue weighted by molar-refractivity contribution is -0.136.